The van der Waals surface area contributed by atoms with Crippen LogP contribution in [0.25, 0.3) is 0 Å². The number of carbonyl (C=O) groups is 7. The van der Waals surface area contributed by atoms with Crippen molar-refractivity contribution >= 4 is 41.8 Å². The van der Waals surface area contributed by atoms with Crippen molar-refractivity contribution in [2.24, 2.45) is 0 Å². The van der Waals surface area contributed by atoms with Gasteiger partial charge in [-0.15, -0.1) is 0 Å². The molecule has 0 unspecified atom stereocenters. The molecule has 1 saturated heterocycles. The fourth-order valence-electron chi connectivity index (χ4n) is 7.55. The van der Waals surface area contributed by atoms with E-state index in [1.54, 1.807) is 0 Å². The van der Waals surface area contributed by atoms with Crippen LogP contribution in [0.3, 0.4) is 0 Å². The summed E-state index contributed by atoms with van der Waals surface area (Å²) in [7, 11) is 0. The van der Waals surface area contributed by atoms with E-state index >= 15 is 0 Å². The molecule has 0 aromatic carbocycles. The van der Waals surface area contributed by atoms with Crippen LogP contribution in [0.5, 0.6) is 0 Å². The Morgan fingerprint density at radius 2 is 0.706 bits per heavy atom. The van der Waals surface area contributed by atoms with Gasteiger partial charge in [0.05, 0.1) is 58.9 Å². The Morgan fingerprint density at radius 3 is 1.07 bits per heavy atom. The summed E-state index contributed by atoms with van der Waals surface area (Å²) >= 11 is 0. The zero-order valence-electron chi connectivity index (χ0n) is 42.7. The quantitative estimate of drug-likeness (QED) is 0.0344. The molecule has 0 bridgehead atoms. The number of esters is 7. The lowest BCUT2D eigenvalue weighted by atomic mass is 9.94. The average Bonchev–Trinajstić information content (AvgIpc) is 3.32. The van der Waals surface area contributed by atoms with Gasteiger partial charge < -0.3 is 43.4 Å². The molecule has 16 nitrogen and oxygen atoms in total. The zero-order valence-corrected chi connectivity index (χ0v) is 42.7. The summed E-state index contributed by atoms with van der Waals surface area (Å²) in [6, 6.07) is 0. The van der Waals surface area contributed by atoms with Gasteiger partial charge in [-0.25, -0.2) is 4.79 Å². The van der Waals surface area contributed by atoms with Crippen LogP contribution >= 0.6 is 0 Å². The molecule has 0 aliphatic carbocycles. The molecular formula is C52H92N2O14. The van der Waals surface area contributed by atoms with E-state index in [9.17, 15) is 33.6 Å². The van der Waals surface area contributed by atoms with E-state index in [1.165, 1.54) is 0 Å². The van der Waals surface area contributed by atoms with Crippen molar-refractivity contribution in [3.8, 4) is 0 Å². The van der Waals surface area contributed by atoms with Gasteiger partial charge in [0.15, 0.2) is 0 Å². The van der Waals surface area contributed by atoms with E-state index in [4.69, 9.17) is 33.2 Å². The highest BCUT2D eigenvalue weighted by molar-refractivity contribution is 5.92. The normalized spacial score (nSPS) is 12.8. The minimum Gasteiger partial charge on any atom is -0.466 e. The molecule has 1 N–H and O–H groups in total. The Bertz CT molecular complexity index is 1300. The van der Waals surface area contributed by atoms with Gasteiger partial charge in [-0.05, 0) is 77.0 Å². The maximum Gasteiger partial charge on any atom is 0.351 e. The number of nitrogens with zero attached hydrogens (tertiary/aromatic N) is 1. The van der Waals surface area contributed by atoms with Gasteiger partial charge in [-0.2, -0.15) is 0 Å². The predicted molar refractivity (Wildman–Crippen MR) is 259 cm³/mol. The highest BCUT2D eigenvalue weighted by Crippen LogP contribution is 2.27. The summed E-state index contributed by atoms with van der Waals surface area (Å²) in [5.41, 5.74) is -2.35. The number of hydrogen-bond acceptors (Lipinski definition) is 16. The molecule has 1 fully saturated rings. The first-order chi connectivity index (χ1) is 33.0. The Kier molecular flexibility index (Phi) is 39.6. The molecule has 16 heteroatoms. The fourth-order valence-corrected chi connectivity index (χ4v) is 7.55. The van der Waals surface area contributed by atoms with E-state index in [2.05, 4.69) is 31.0 Å². The molecule has 1 heterocycles. The number of carbonyl (C=O) groups excluding carboxylic acids is 7. The summed E-state index contributed by atoms with van der Waals surface area (Å²) in [5.74, 6) is -4.23. The van der Waals surface area contributed by atoms with Gasteiger partial charge in [0.1, 0.15) is 0 Å². The van der Waals surface area contributed by atoms with Crippen molar-refractivity contribution in [1.29, 1.82) is 0 Å². The third-order valence-electron chi connectivity index (χ3n) is 11.8. The summed E-state index contributed by atoms with van der Waals surface area (Å²) in [5, 5.41) is 3.26. The molecule has 394 valence electrons. The minimum atomic E-state index is -2.35. The number of hydrogen-bond donors (Lipinski definition) is 1. The van der Waals surface area contributed by atoms with E-state index in [0.29, 0.717) is 83.6 Å². The van der Waals surface area contributed by atoms with Crippen molar-refractivity contribution in [3.05, 3.63) is 0 Å². The second-order valence-electron chi connectivity index (χ2n) is 18.1. The second-order valence-corrected chi connectivity index (χ2v) is 18.1. The Labute approximate surface area is 409 Å². The van der Waals surface area contributed by atoms with Crippen molar-refractivity contribution in [2.75, 3.05) is 72.4 Å². The largest absolute Gasteiger partial charge is 0.466 e. The van der Waals surface area contributed by atoms with Crippen molar-refractivity contribution in [3.63, 3.8) is 0 Å². The van der Waals surface area contributed by atoms with Gasteiger partial charge in [0.2, 0.25) is 5.60 Å². The van der Waals surface area contributed by atoms with Crippen molar-refractivity contribution in [2.45, 2.75) is 219 Å². The van der Waals surface area contributed by atoms with Crippen LogP contribution in [0.4, 0.5) is 0 Å². The number of nitrogens with one attached hydrogen (secondary N) is 1. The van der Waals surface area contributed by atoms with Gasteiger partial charge in [-0.3, -0.25) is 28.8 Å². The monoisotopic (exact) mass is 969 g/mol. The van der Waals surface area contributed by atoms with E-state index in [-0.39, 0.29) is 64.0 Å². The lowest BCUT2D eigenvalue weighted by Gasteiger charge is -2.31. The fraction of sp³-hybridized carbons (Fsp3) is 0.865. The highest BCUT2D eigenvalue weighted by Gasteiger charge is 2.49. The smallest absolute Gasteiger partial charge is 0.351 e. The predicted octanol–water partition coefficient (Wildman–Crippen LogP) is 9.20. The maximum atomic E-state index is 14.1. The number of ether oxygens (including phenoxy) is 7. The lowest BCUT2D eigenvalue weighted by molar-refractivity contribution is -0.191. The maximum absolute atomic E-state index is 14.1. The first-order valence-electron chi connectivity index (χ1n) is 26.6. The molecule has 1 aliphatic rings. The Hall–Kier alpha value is -3.79. The Morgan fingerprint density at radius 1 is 0.382 bits per heavy atom. The summed E-state index contributed by atoms with van der Waals surface area (Å²) in [4.78, 5) is 92.8. The first kappa shape index (κ1) is 62.2. The molecule has 68 heavy (non-hydrogen) atoms. The standard InChI is InChI=1S/C52H92N2O14/c1-4-7-10-13-19-28-45(55)62-37-22-16-25-40-65-49(59)43-52(68-48(58)31-34-54-35-32-53-33-36-54,51(61)67-42-27-18-24-39-64-47(57)30-21-15-12-9-6-3)44-50(60)66-41-26-17-23-38-63-46(56)29-20-14-11-8-5-2/h53H,4-44H2,1-3H3. The van der Waals surface area contributed by atoms with Gasteiger partial charge in [-0.1, -0.05) is 97.8 Å². The van der Waals surface area contributed by atoms with Gasteiger partial charge >= 0.3 is 41.8 Å². The molecule has 1 rings (SSSR count). The molecule has 0 aromatic heterocycles. The first-order valence-corrected chi connectivity index (χ1v) is 26.6. The minimum absolute atomic E-state index is 0.00553. The molecule has 0 atom stereocenters. The van der Waals surface area contributed by atoms with Crippen LogP contribution < -0.4 is 5.32 Å². The topological polar surface area (TPSA) is 199 Å². The van der Waals surface area contributed by atoms with Gasteiger partial charge in [0.25, 0.3) is 0 Å². The average molecular weight is 969 g/mol. The zero-order chi connectivity index (χ0) is 49.8. The molecule has 0 radical (unpaired) electrons. The van der Waals surface area contributed by atoms with Crippen LogP contribution in [-0.4, -0.2) is 125 Å². The van der Waals surface area contributed by atoms with Crippen LogP contribution in [0.15, 0.2) is 0 Å². The van der Waals surface area contributed by atoms with E-state index in [1.807, 2.05) is 0 Å². The summed E-state index contributed by atoms with van der Waals surface area (Å²) in [6.07, 6.45) is 19.9. The lowest BCUT2D eigenvalue weighted by Crippen LogP contribution is -2.49. The van der Waals surface area contributed by atoms with Crippen LogP contribution in [0.2, 0.25) is 0 Å². The number of piperazine rings is 1. The third kappa shape index (κ3) is 35.3. The molecule has 1 aliphatic heterocycles. The van der Waals surface area contributed by atoms with Gasteiger partial charge in [0, 0.05) is 52.0 Å². The van der Waals surface area contributed by atoms with Crippen molar-refractivity contribution < 1.29 is 66.7 Å². The molecule has 0 aromatic rings. The van der Waals surface area contributed by atoms with Crippen molar-refractivity contribution in [1.82, 2.24) is 10.2 Å². The van der Waals surface area contributed by atoms with Crippen LogP contribution in [-0.2, 0) is 66.7 Å². The molecule has 0 spiro atoms. The second kappa shape index (κ2) is 43.2. The van der Waals surface area contributed by atoms with Crippen LogP contribution in [0.1, 0.15) is 213 Å². The number of rotatable bonds is 45. The van der Waals surface area contributed by atoms with E-state index in [0.717, 1.165) is 122 Å². The summed E-state index contributed by atoms with van der Waals surface area (Å²) < 4.78 is 38.5. The van der Waals surface area contributed by atoms with Crippen LogP contribution in [0, 0.1) is 0 Å². The SMILES string of the molecule is CCCCCCCC(=O)OCCCCCOC(=O)CC(CC(=O)OCCCCCOC(=O)CCCCCCC)(OC(=O)CCN1CCNCC1)C(=O)OCCCCCOC(=O)CCCCCCC. The molecular weight excluding hydrogens is 877 g/mol. The number of unbranched alkanes of at least 4 members (excludes halogenated alkanes) is 18. The highest BCUT2D eigenvalue weighted by atomic mass is 16.6. The van der Waals surface area contributed by atoms with E-state index < -0.39 is 42.3 Å². The molecule has 0 saturated carbocycles. The molecule has 0 amide bonds. The third-order valence-corrected chi connectivity index (χ3v) is 11.8. The Balaban J connectivity index is 2.89. The summed E-state index contributed by atoms with van der Waals surface area (Å²) in [6.45, 7) is 10.4.